The molecule has 0 saturated carbocycles. The zero-order valence-corrected chi connectivity index (χ0v) is 12.6. The van der Waals surface area contributed by atoms with Gasteiger partial charge in [-0.3, -0.25) is 0 Å². The third-order valence-electron chi connectivity index (χ3n) is 3.39. The second-order valence-corrected chi connectivity index (χ2v) is 6.27. The Morgan fingerprint density at radius 3 is 2.39 bits per heavy atom. The summed E-state index contributed by atoms with van der Waals surface area (Å²) < 4.78 is 0. The van der Waals surface area contributed by atoms with Gasteiger partial charge in [0.15, 0.2) is 0 Å². The lowest BCUT2D eigenvalue weighted by Gasteiger charge is -2.22. The Labute approximate surface area is 112 Å². The second kappa shape index (κ2) is 6.35. The zero-order valence-electron chi connectivity index (χ0n) is 12.6. The first-order valence-corrected chi connectivity index (χ1v) is 6.83. The molecule has 2 heteroatoms. The molecule has 0 saturated heterocycles. The highest BCUT2D eigenvalue weighted by atomic mass is 15.1. The lowest BCUT2D eigenvalue weighted by Crippen LogP contribution is -2.22. The minimum Gasteiger partial charge on any atom is -0.330 e. The molecule has 0 aliphatic heterocycles. The maximum atomic E-state index is 5.54. The van der Waals surface area contributed by atoms with Crippen LogP contribution in [-0.2, 0) is 12.0 Å². The van der Waals surface area contributed by atoms with E-state index in [1.54, 1.807) is 0 Å². The topological polar surface area (TPSA) is 29.3 Å². The van der Waals surface area contributed by atoms with Gasteiger partial charge in [-0.2, -0.15) is 0 Å². The summed E-state index contributed by atoms with van der Waals surface area (Å²) in [6.45, 7) is 11.8. The van der Waals surface area contributed by atoms with E-state index in [0.717, 1.165) is 26.1 Å². The predicted molar refractivity (Wildman–Crippen MR) is 79.9 cm³/mol. The van der Waals surface area contributed by atoms with Crippen molar-refractivity contribution in [1.82, 2.24) is 4.90 Å². The van der Waals surface area contributed by atoms with Crippen LogP contribution in [0, 0.1) is 6.92 Å². The Bertz CT molecular complexity index is 377. The molecule has 1 rings (SSSR count). The van der Waals surface area contributed by atoms with E-state index in [9.17, 15) is 0 Å². The highest BCUT2D eigenvalue weighted by molar-refractivity contribution is 5.34. The summed E-state index contributed by atoms with van der Waals surface area (Å²) in [6.07, 6.45) is 1.07. The molecule has 1 aromatic carbocycles. The van der Waals surface area contributed by atoms with Crippen LogP contribution >= 0.6 is 0 Å². The van der Waals surface area contributed by atoms with Crippen molar-refractivity contribution in [3.05, 3.63) is 34.9 Å². The fourth-order valence-electron chi connectivity index (χ4n) is 2.07. The Balaban J connectivity index is 2.74. The van der Waals surface area contributed by atoms with Crippen molar-refractivity contribution >= 4 is 0 Å². The first-order chi connectivity index (χ1) is 8.34. The minimum absolute atomic E-state index is 0.231. The third-order valence-corrected chi connectivity index (χ3v) is 3.39. The normalized spacial score (nSPS) is 12.2. The molecule has 0 fully saturated rings. The molecule has 0 aromatic heterocycles. The van der Waals surface area contributed by atoms with Crippen LogP contribution in [0.2, 0.25) is 0 Å². The smallest absolute Gasteiger partial charge is 0.0233 e. The highest BCUT2D eigenvalue weighted by Gasteiger charge is 2.14. The highest BCUT2D eigenvalue weighted by Crippen LogP contribution is 2.24. The first kappa shape index (κ1) is 15.2. The molecule has 102 valence electrons. The molecule has 2 nitrogen and oxygen atoms in total. The summed E-state index contributed by atoms with van der Waals surface area (Å²) in [7, 11) is 2.16. The van der Waals surface area contributed by atoms with Crippen LogP contribution in [0.15, 0.2) is 18.2 Å². The van der Waals surface area contributed by atoms with Crippen molar-refractivity contribution in [3.63, 3.8) is 0 Å². The lowest BCUT2D eigenvalue weighted by molar-refractivity contribution is 0.323. The molecule has 0 spiro atoms. The molecule has 0 aliphatic rings. The summed E-state index contributed by atoms with van der Waals surface area (Å²) in [6, 6.07) is 6.86. The van der Waals surface area contributed by atoms with Crippen molar-refractivity contribution < 1.29 is 0 Å². The molecule has 0 bridgehead atoms. The fourth-order valence-corrected chi connectivity index (χ4v) is 2.07. The molecule has 0 heterocycles. The van der Waals surface area contributed by atoms with Crippen molar-refractivity contribution in [2.24, 2.45) is 5.73 Å². The van der Waals surface area contributed by atoms with Gasteiger partial charge in [-0.05, 0) is 55.6 Å². The minimum atomic E-state index is 0.231. The maximum Gasteiger partial charge on any atom is 0.0233 e. The van der Waals surface area contributed by atoms with Crippen molar-refractivity contribution in [2.45, 2.75) is 46.1 Å². The van der Waals surface area contributed by atoms with E-state index in [2.05, 4.69) is 57.8 Å². The van der Waals surface area contributed by atoms with E-state index in [0.29, 0.717) is 0 Å². The van der Waals surface area contributed by atoms with Gasteiger partial charge in [0.2, 0.25) is 0 Å². The third kappa shape index (κ3) is 4.43. The van der Waals surface area contributed by atoms with E-state index in [1.807, 2.05) is 0 Å². The Kier molecular flexibility index (Phi) is 5.36. The summed E-state index contributed by atoms with van der Waals surface area (Å²) in [5.74, 6) is 0. The van der Waals surface area contributed by atoms with Gasteiger partial charge in [0.05, 0.1) is 0 Å². The molecule has 0 aliphatic carbocycles. The molecule has 1 aromatic rings. The van der Waals surface area contributed by atoms with Crippen molar-refractivity contribution in [2.75, 3.05) is 20.1 Å². The number of hydrogen-bond donors (Lipinski definition) is 1. The quantitative estimate of drug-likeness (QED) is 0.867. The number of benzene rings is 1. The van der Waals surface area contributed by atoms with Crippen LogP contribution in [0.25, 0.3) is 0 Å². The van der Waals surface area contributed by atoms with Gasteiger partial charge >= 0.3 is 0 Å². The second-order valence-electron chi connectivity index (χ2n) is 6.27. The molecule has 18 heavy (non-hydrogen) atoms. The molecule has 0 unspecified atom stereocenters. The summed E-state index contributed by atoms with van der Waals surface area (Å²) >= 11 is 0. The van der Waals surface area contributed by atoms with Gasteiger partial charge in [0.1, 0.15) is 0 Å². The summed E-state index contributed by atoms with van der Waals surface area (Å²) in [5.41, 5.74) is 9.99. The zero-order chi connectivity index (χ0) is 13.8. The average molecular weight is 248 g/mol. The van der Waals surface area contributed by atoms with Crippen LogP contribution in [0.5, 0.6) is 0 Å². The van der Waals surface area contributed by atoms with E-state index < -0.39 is 0 Å². The Morgan fingerprint density at radius 1 is 1.22 bits per heavy atom. The van der Waals surface area contributed by atoms with Gasteiger partial charge in [0.25, 0.3) is 0 Å². The summed E-state index contributed by atoms with van der Waals surface area (Å²) in [4.78, 5) is 2.34. The monoisotopic (exact) mass is 248 g/mol. The number of rotatable bonds is 5. The van der Waals surface area contributed by atoms with E-state index in [4.69, 9.17) is 5.73 Å². The van der Waals surface area contributed by atoms with Crippen LogP contribution in [0.4, 0.5) is 0 Å². The van der Waals surface area contributed by atoms with Gasteiger partial charge < -0.3 is 10.6 Å². The largest absolute Gasteiger partial charge is 0.330 e. The molecular formula is C16H28N2. The van der Waals surface area contributed by atoms with Crippen molar-refractivity contribution in [1.29, 1.82) is 0 Å². The number of nitrogens with zero attached hydrogens (tertiary/aromatic N) is 1. The molecule has 0 amide bonds. The molecular weight excluding hydrogens is 220 g/mol. The number of aryl methyl sites for hydroxylation is 1. The van der Waals surface area contributed by atoms with Gasteiger partial charge in [-0.1, -0.05) is 39.0 Å². The molecule has 0 atom stereocenters. The van der Waals surface area contributed by atoms with Crippen molar-refractivity contribution in [3.8, 4) is 0 Å². The van der Waals surface area contributed by atoms with Crippen LogP contribution < -0.4 is 5.73 Å². The SMILES string of the molecule is Cc1cc(C(C)(C)C)ccc1CN(C)CCCN. The summed E-state index contributed by atoms with van der Waals surface area (Å²) in [5, 5.41) is 0. The standard InChI is InChI=1S/C16H28N2/c1-13-11-15(16(2,3)4)8-7-14(13)12-18(5)10-6-9-17/h7-8,11H,6,9-10,12,17H2,1-5H3. The number of hydrogen-bond acceptors (Lipinski definition) is 2. The van der Waals surface area contributed by atoms with Crippen LogP contribution in [0.3, 0.4) is 0 Å². The van der Waals surface area contributed by atoms with E-state index in [-0.39, 0.29) is 5.41 Å². The van der Waals surface area contributed by atoms with E-state index >= 15 is 0 Å². The fraction of sp³-hybridized carbons (Fsp3) is 0.625. The average Bonchev–Trinajstić information content (AvgIpc) is 2.27. The first-order valence-electron chi connectivity index (χ1n) is 6.83. The van der Waals surface area contributed by atoms with Gasteiger partial charge in [0, 0.05) is 6.54 Å². The van der Waals surface area contributed by atoms with E-state index in [1.165, 1.54) is 16.7 Å². The maximum absolute atomic E-state index is 5.54. The van der Waals surface area contributed by atoms with Crippen LogP contribution in [-0.4, -0.2) is 25.0 Å². The Hall–Kier alpha value is -0.860. The number of nitrogens with two attached hydrogens (primary N) is 1. The molecule has 0 radical (unpaired) electrons. The van der Waals surface area contributed by atoms with Crippen LogP contribution in [0.1, 0.15) is 43.9 Å². The predicted octanol–water partition coefficient (Wildman–Crippen LogP) is 3.07. The lowest BCUT2D eigenvalue weighted by atomic mass is 9.85. The molecule has 2 N–H and O–H groups in total. The van der Waals surface area contributed by atoms with Gasteiger partial charge in [-0.25, -0.2) is 0 Å². The Morgan fingerprint density at radius 2 is 1.89 bits per heavy atom. The van der Waals surface area contributed by atoms with Gasteiger partial charge in [-0.15, -0.1) is 0 Å².